The molecule has 4 rings (SSSR count). The van der Waals surface area contributed by atoms with Gasteiger partial charge in [0.15, 0.2) is 5.78 Å². The number of ether oxygens (including phenoxy) is 2. The van der Waals surface area contributed by atoms with E-state index in [9.17, 15) is 19.2 Å². The van der Waals surface area contributed by atoms with Gasteiger partial charge in [-0.25, -0.2) is 4.79 Å². The fourth-order valence-electron chi connectivity index (χ4n) is 5.28. The first-order valence-corrected chi connectivity index (χ1v) is 15.6. The highest BCUT2D eigenvalue weighted by Crippen LogP contribution is 2.31. The van der Waals surface area contributed by atoms with E-state index in [0.29, 0.717) is 86.4 Å². The molecule has 0 bridgehead atoms. The van der Waals surface area contributed by atoms with Gasteiger partial charge < -0.3 is 30.1 Å². The van der Waals surface area contributed by atoms with Crippen LogP contribution < -0.4 is 25.0 Å². The number of methoxy groups -OCH3 is 1. The minimum Gasteiger partial charge on any atom is -0.494 e. The number of ketones is 1. The molecule has 1 saturated heterocycles. The van der Waals surface area contributed by atoms with Crippen molar-refractivity contribution in [1.82, 2.24) is 9.80 Å². The van der Waals surface area contributed by atoms with Crippen LogP contribution in [0.15, 0.2) is 66.7 Å². The fraction of sp³-hybridized carbons (Fsp3) is 0.371. The third-order valence-electron chi connectivity index (χ3n) is 7.97. The van der Waals surface area contributed by atoms with Gasteiger partial charge in [-0.15, -0.1) is 0 Å². The van der Waals surface area contributed by atoms with Crippen LogP contribution in [0.5, 0.6) is 11.5 Å². The minimum absolute atomic E-state index is 0.0182. The van der Waals surface area contributed by atoms with Gasteiger partial charge in [0.25, 0.3) is 0 Å². The number of carbonyl (C=O) groups excluding carboxylic acids is 3. The molecule has 0 saturated carbocycles. The van der Waals surface area contributed by atoms with Crippen LogP contribution >= 0.6 is 0 Å². The highest BCUT2D eigenvalue weighted by Gasteiger charge is 2.22. The summed E-state index contributed by atoms with van der Waals surface area (Å²) in [6.45, 7) is 7.47. The number of para-hydroxylation sites is 1. The lowest BCUT2D eigenvalue weighted by molar-refractivity contribution is -0.138. The second kappa shape index (κ2) is 17.1. The second-order valence-electron chi connectivity index (χ2n) is 11.4. The molecule has 0 atom stereocenters. The topological polar surface area (TPSA) is 141 Å². The molecule has 0 aliphatic carbocycles. The molecule has 3 amide bonds. The van der Waals surface area contributed by atoms with Crippen LogP contribution in [0, 0.1) is 6.92 Å². The Morgan fingerprint density at radius 2 is 1.57 bits per heavy atom. The molecule has 1 heterocycles. The lowest BCUT2D eigenvalue weighted by Crippen LogP contribution is -2.50. The number of rotatable bonds is 15. The Balaban J connectivity index is 1.42. The van der Waals surface area contributed by atoms with E-state index in [1.807, 2.05) is 36.1 Å². The molecule has 0 unspecified atom stereocenters. The predicted octanol–water partition coefficient (Wildman–Crippen LogP) is 4.74. The standard InChI is InChI=1S/C35H43N5O7/c1-25-7-4-5-8-30(25)36-35(45)37-31-15-12-28(23-32(31)46-3)40(21-20-38-16-18-39(19-17-38)24-34(43)44)33(42)9-6-22-47-29-13-10-27(11-14-29)26(2)41/h4-5,7-8,10-15,23H,6,9,16-22,24H2,1-3H3,(H,43,44)(H2,36,37,45). The predicted molar refractivity (Wildman–Crippen MR) is 181 cm³/mol. The third kappa shape index (κ3) is 10.5. The number of piperazine rings is 1. The average Bonchev–Trinajstić information content (AvgIpc) is 3.05. The lowest BCUT2D eigenvalue weighted by Gasteiger charge is -2.35. The second-order valence-corrected chi connectivity index (χ2v) is 11.4. The Kier molecular flexibility index (Phi) is 12.7. The summed E-state index contributed by atoms with van der Waals surface area (Å²) in [5.74, 6) is 0.0766. The smallest absolute Gasteiger partial charge is 0.323 e. The summed E-state index contributed by atoms with van der Waals surface area (Å²) >= 11 is 0. The van der Waals surface area contributed by atoms with E-state index in [1.165, 1.54) is 14.0 Å². The van der Waals surface area contributed by atoms with Gasteiger partial charge >= 0.3 is 12.0 Å². The van der Waals surface area contributed by atoms with Crippen LogP contribution in [0.1, 0.15) is 35.7 Å². The van der Waals surface area contributed by atoms with Gasteiger partial charge in [0.05, 0.1) is 25.9 Å². The summed E-state index contributed by atoms with van der Waals surface area (Å²) in [7, 11) is 1.51. The number of carboxylic acids is 1. The van der Waals surface area contributed by atoms with Gasteiger partial charge in [-0.3, -0.25) is 24.2 Å². The van der Waals surface area contributed by atoms with Crippen LogP contribution in [0.4, 0.5) is 21.9 Å². The summed E-state index contributed by atoms with van der Waals surface area (Å²) in [5.41, 5.74) is 3.31. The molecule has 3 N–H and O–H groups in total. The largest absolute Gasteiger partial charge is 0.494 e. The lowest BCUT2D eigenvalue weighted by atomic mass is 10.1. The highest BCUT2D eigenvalue weighted by molar-refractivity contribution is 6.01. The van der Waals surface area contributed by atoms with Gasteiger partial charge in [-0.05, 0) is 68.3 Å². The van der Waals surface area contributed by atoms with Gasteiger partial charge in [0.1, 0.15) is 11.5 Å². The zero-order valence-corrected chi connectivity index (χ0v) is 27.2. The summed E-state index contributed by atoms with van der Waals surface area (Å²) in [6.07, 6.45) is 0.715. The summed E-state index contributed by atoms with van der Waals surface area (Å²) in [4.78, 5) is 54.9. The number of Topliss-reactive ketones (excluding diaryl/α,β-unsaturated/α-hetero) is 1. The molecule has 12 nitrogen and oxygen atoms in total. The van der Waals surface area contributed by atoms with E-state index >= 15 is 0 Å². The van der Waals surface area contributed by atoms with E-state index < -0.39 is 12.0 Å². The number of anilines is 3. The monoisotopic (exact) mass is 645 g/mol. The van der Waals surface area contributed by atoms with Crippen LogP contribution in [-0.4, -0.2) is 98.1 Å². The van der Waals surface area contributed by atoms with Gasteiger partial charge in [0.2, 0.25) is 5.91 Å². The molecule has 12 heteroatoms. The Hall–Kier alpha value is -4.94. The Bertz CT molecular complexity index is 1540. The number of aryl methyl sites for hydroxylation is 1. The molecule has 0 radical (unpaired) electrons. The summed E-state index contributed by atoms with van der Waals surface area (Å²) in [5, 5.41) is 14.8. The highest BCUT2D eigenvalue weighted by atomic mass is 16.5. The first-order chi connectivity index (χ1) is 22.6. The summed E-state index contributed by atoms with van der Waals surface area (Å²) < 4.78 is 11.4. The molecular formula is C35H43N5O7. The van der Waals surface area contributed by atoms with Gasteiger partial charge in [-0.2, -0.15) is 0 Å². The minimum atomic E-state index is -0.841. The molecule has 0 spiro atoms. The maximum Gasteiger partial charge on any atom is 0.323 e. The maximum atomic E-state index is 13.6. The molecule has 47 heavy (non-hydrogen) atoms. The van der Waals surface area contributed by atoms with Crippen LogP contribution in [0.3, 0.4) is 0 Å². The first-order valence-electron chi connectivity index (χ1n) is 15.6. The van der Waals surface area contributed by atoms with E-state index in [-0.39, 0.29) is 24.7 Å². The van der Waals surface area contributed by atoms with Crippen LogP contribution in [0.25, 0.3) is 0 Å². The van der Waals surface area contributed by atoms with Crippen molar-refractivity contribution in [2.75, 3.05) is 75.1 Å². The Labute approximate surface area is 275 Å². The van der Waals surface area contributed by atoms with Crippen molar-refractivity contribution in [1.29, 1.82) is 0 Å². The number of aliphatic carboxylic acids is 1. The third-order valence-corrected chi connectivity index (χ3v) is 7.97. The van der Waals surface area contributed by atoms with Crippen LogP contribution in [-0.2, 0) is 9.59 Å². The number of carbonyl (C=O) groups is 4. The molecule has 0 aromatic heterocycles. The van der Waals surface area contributed by atoms with Crippen molar-refractivity contribution in [3.05, 3.63) is 77.9 Å². The number of hydrogen-bond acceptors (Lipinski definition) is 8. The average molecular weight is 646 g/mol. The van der Waals surface area contributed by atoms with Crippen molar-refractivity contribution in [3.8, 4) is 11.5 Å². The quantitative estimate of drug-likeness (QED) is 0.158. The van der Waals surface area contributed by atoms with Crippen molar-refractivity contribution in [2.24, 2.45) is 0 Å². The Morgan fingerprint density at radius 3 is 2.23 bits per heavy atom. The number of nitrogens with one attached hydrogen (secondary N) is 2. The normalized spacial score (nSPS) is 13.4. The zero-order chi connectivity index (χ0) is 33.8. The zero-order valence-electron chi connectivity index (χ0n) is 27.2. The van der Waals surface area contributed by atoms with E-state index in [0.717, 1.165) is 5.56 Å². The van der Waals surface area contributed by atoms with Gasteiger partial charge in [-0.1, -0.05) is 18.2 Å². The fourth-order valence-corrected chi connectivity index (χ4v) is 5.28. The SMILES string of the molecule is COc1cc(N(CCN2CCN(CC(=O)O)CC2)C(=O)CCCOc2ccc(C(C)=O)cc2)ccc1NC(=O)Nc1ccccc1C. The van der Waals surface area contributed by atoms with Crippen LogP contribution in [0.2, 0.25) is 0 Å². The van der Waals surface area contributed by atoms with E-state index in [2.05, 4.69) is 15.5 Å². The number of benzene rings is 3. The number of urea groups is 1. The first kappa shape index (κ1) is 34.9. The van der Waals surface area contributed by atoms with Crippen molar-refractivity contribution < 1.29 is 33.8 Å². The van der Waals surface area contributed by atoms with E-state index in [4.69, 9.17) is 14.6 Å². The Morgan fingerprint density at radius 1 is 0.894 bits per heavy atom. The number of hydrogen-bond donors (Lipinski definition) is 3. The number of nitrogens with zero attached hydrogens (tertiary/aromatic N) is 3. The van der Waals surface area contributed by atoms with E-state index in [1.54, 1.807) is 47.4 Å². The van der Waals surface area contributed by atoms with Gasteiger partial charge in [0, 0.05) is 68.7 Å². The summed E-state index contributed by atoms with van der Waals surface area (Å²) in [6, 6.07) is 19.2. The molecule has 1 aliphatic rings. The molecule has 3 aromatic rings. The molecular weight excluding hydrogens is 602 g/mol. The number of amides is 3. The maximum absolute atomic E-state index is 13.6. The molecule has 1 fully saturated rings. The molecule has 250 valence electrons. The number of carboxylic acid groups (broad SMARTS) is 1. The van der Waals surface area contributed by atoms with Crippen molar-refractivity contribution in [2.45, 2.75) is 26.7 Å². The molecule has 1 aliphatic heterocycles. The van der Waals surface area contributed by atoms with Crippen molar-refractivity contribution >= 4 is 40.8 Å². The van der Waals surface area contributed by atoms with Crippen molar-refractivity contribution in [3.63, 3.8) is 0 Å². The molecule has 3 aromatic carbocycles.